The maximum absolute atomic E-state index is 12.6. The molecule has 0 aromatic heterocycles. The summed E-state index contributed by atoms with van der Waals surface area (Å²) in [6.07, 6.45) is 3.68. The van der Waals surface area contributed by atoms with E-state index < -0.39 is 10.2 Å². The zero-order valence-electron chi connectivity index (χ0n) is 13.3. The van der Waals surface area contributed by atoms with E-state index in [4.69, 9.17) is 0 Å². The van der Waals surface area contributed by atoms with Crippen molar-refractivity contribution in [3.63, 3.8) is 0 Å². The highest BCUT2D eigenvalue weighted by molar-refractivity contribution is 7.86. The van der Waals surface area contributed by atoms with Crippen molar-refractivity contribution in [2.24, 2.45) is 5.92 Å². The van der Waals surface area contributed by atoms with Gasteiger partial charge in [0.1, 0.15) is 0 Å². The van der Waals surface area contributed by atoms with Crippen molar-refractivity contribution in [3.05, 3.63) is 0 Å². The number of piperidine rings is 1. The summed E-state index contributed by atoms with van der Waals surface area (Å²) < 4.78 is 28.6. The SMILES string of the molecule is CCCN(CCC)S(=O)(=O)N1CCC(CNCC)CC1. The van der Waals surface area contributed by atoms with Crippen molar-refractivity contribution in [3.8, 4) is 0 Å². The number of hydrogen-bond acceptors (Lipinski definition) is 3. The molecule has 1 heterocycles. The van der Waals surface area contributed by atoms with Gasteiger partial charge < -0.3 is 5.32 Å². The quantitative estimate of drug-likeness (QED) is 0.705. The van der Waals surface area contributed by atoms with E-state index in [1.807, 2.05) is 13.8 Å². The molecule has 1 N–H and O–H groups in total. The van der Waals surface area contributed by atoms with Crippen LogP contribution in [-0.2, 0) is 10.2 Å². The monoisotopic (exact) mass is 305 g/mol. The Balaban J connectivity index is 2.56. The number of nitrogens with one attached hydrogen (secondary N) is 1. The third kappa shape index (κ3) is 4.98. The first-order chi connectivity index (χ1) is 9.56. The number of rotatable bonds is 9. The predicted octanol–water partition coefficient (Wildman–Crippen LogP) is 1.67. The van der Waals surface area contributed by atoms with Crippen molar-refractivity contribution in [1.29, 1.82) is 0 Å². The molecule has 0 atom stereocenters. The zero-order chi connectivity index (χ0) is 15.0. The van der Waals surface area contributed by atoms with Crippen LogP contribution in [0.3, 0.4) is 0 Å². The molecule has 0 aromatic rings. The van der Waals surface area contributed by atoms with Crippen LogP contribution in [0.1, 0.15) is 46.5 Å². The molecule has 0 saturated carbocycles. The fourth-order valence-corrected chi connectivity index (χ4v) is 4.52. The topological polar surface area (TPSA) is 52.7 Å². The smallest absolute Gasteiger partial charge is 0.281 e. The second-order valence-corrected chi connectivity index (χ2v) is 7.49. The molecule has 5 nitrogen and oxygen atoms in total. The summed E-state index contributed by atoms with van der Waals surface area (Å²) in [6.45, 7) is 10.8. The summed E-state index contributed by atoms with van der Waals surface area (Å²) in [5.74, 6) is 0.618. The van der Waals surface area contributed by atoms with Gasteiger partial charge in [-0.3, -0.25) is 0 Å². The van der Waals surface area contributed by atoms with Gasteiger partial charge in [-0.25, -0.2) is 0 Å². The molecule has 0 unspecified atom stereocenters. The fraction of sp³-hybridized carbons (Fsp3) is 1.00. The lowest BCUT2D eigenvalue weighted by Gasteiger charge is -2.35. The minimum atomic E-state index is -3.25. The summed E-state index contributed by atoms with van der Waals surface area (Å²) >= 11 is 0. The Morgan fingerprint density at radius 3 is 2.10 bits per heavy atom. The molecule has 1 saturated heterocycles. The average Bonchev–Trinajstić information content (AvgIpc) is 2.45. The zero-order valence-corrected chi connectivity index (χ0v) is 14.1. The minimum Gasteiger partial charge on any atom is -0.317 e. The first-order valence-electron chi connectivity index (χ1n) is 8.02. The normalized spacial score (nSPS) is 18.8. The van der Waals surface area contributed by atoms with E-state index in [1.165, 1.54) is 0 Å². The van der Waals surface area contributed by atoms with Crippen molar-refractivity contribution < 1.29 is 8.42 Å². The number of nitrogens with zero attached hydrogens (tertiary/aromatic N) is 2. The van der Waals surface area contributed by atoms with Crippen LogP contribution in [0.5, 0.6) is 0 Å². The van der Waals surface area contributed by atoms with E-state index in [0.717, 1.165) is 38.8 Å². The van der Waals surface area contributed by atoms with Gasteiger partial charge in [-0.1, -0.05) is 20.8 Å². The standard InChI is InChI=1S/C14H31N3O2S/c1-4-9-16(10-5-2)20(18,19)17-11-7-14(8-12-17)13-15-6-3/h14-15H,4-13H2,1-3H3. The van der Waals surface area contributed by atoms with Crippen LogP contribution in [0.2, 0.25) is 0 Å². The highest BCUT2D eigenvalue weighted by Crippen LogP contribution is 2.21. The van der Waals surface area contributed by atoms with Gasteiger partial charge in [-0.15, -0.1) is 0 Å². The molecule has 0 spiro atoms. The van der Waals surface area contributed by atoms with E-state index in [1.54, 1.807) is 8.61 Å². The summed E-state index contributed by atoms with van der Waals surface area (Å²) in [4.78, 5) is 0. The maximum Gasteiger partial charge on any atom is 0.281 e. The van der Waals surface area contributed by atoms with Gasteiger partial charge in [0.05, 0.1) is 0 Å². The van der Waals surface area contributed by atoms with Crippen molar-refractivity contribution in [2.45, 2.75) is 46.5 Å². The molecule has 0 amide bonds. The molecule has 0 aromatic carbocycles. The highest BCUT2D eigenvalue weighted by Gasteiger charge is 2.31. The Morgan fingerprint density at radius 2 is 1.65 bits per heavy atom. The van der Waals surface area contributed by atoms with Gasteiger partial charge in [0.15, 0.2) is 0 Å². The van der Waals surface area contributed by atoms with Crippen molar-refractivity contribution in [1.82, 2.24) is 13.9 Å². The minimum absolute atomic E-state index is 0.618. The molecular formula is C14H31N3O2S. The molecule has 0 radical (unpaired) electrons. The van der Waals surface area contributed by atoms with Crippen LogP contribution < -0.4 is 5.32 Å². The van der Waals surface area contributed by atoms with Gasteiger partial charge in [0, 0.05) is 26.2 Å². The summed E-state index contributed by atoms with van der Waals surface area (Å²) in [6, 6.07) is 0. The third-order valence-corrected chi connectivity index (χ3v) is 5.89. The molecule has 120 valence electrons. The largest absolute Gasteiger partial charge is 0.317 e. The summed E-state index contributed by atoms with van der Waals surface area (Å²) in [7, 11) is -3.25. The van der Waals surface area contributed by atoms with Crippen LogP contribution in [-0.4, -0.2) is 56.3 Å². The van der Waals surface area contributed by atoms with Crippen molar-refractivity contribution >= 4 is 10.2 Å². The molecule has 20 heavy (non-hydrogen) atoms. The van der Waals surface area contributed by atoms with E-state index >= 15 is 0 Å². The maximum atomic E-state index is 12.6. The molecule has 1 aliphatic heterocycles. The Morgan fingerprint density at radius 1 is 1.10 bits per heavy atom. The van der Waals surface area contributed by atoms with Crippen LogP contribution in [0.4, 0.5) is 0 Å². The van der Waals surface area contributed by atoms with E-state index in [-0.39, 0.29) is 0 Å². The summed E-state index contributed by atoms with van der Waals surface area (Å²) in [5, 5.41) is 3.36. The van der Waals surface area contributed by atoms with Gasteiger partial charge in [-0.2, -0.15) is 17.0 Å². The van der Waals surface area contributed by atoms with Gasteiger partial charge in [0.2, 0.25) is 0 Å². The van der Waals surface area contributed by atoms with Crippen LogP contribution in [0.15, 0.2) is 0 Å². The Bertz CT molecular complexity index is 345. The molecule has 0 bridgehead atoms. The van der Waals surface area contributed by atoms with E-state index in [2.05, 4.69) is 12.2 Å². The average molecular weight is 305 g/mol. The fourth-order valence-electron chi connectivity index (χ4n) is 2.70. The van der Waals surface area contributed by atoms with Gasteiger partial charge >= 0.3 is 0 Å². The highest BCUT2D eigenvalue weighted by atomic mass is 32.2. The molecule has 0 aliphatic carbocycles. The second kappa shape index (κ2) is 8.97. The van der Waals surface area contributed by atoms with E-state index in [0.29, 0.717) is 32.1 Å². The number of hydrogen-bond donors (Lipinski definition) is 1. The lowest BCUT2D eigenvalue weighted by atomic mass is 9.98. The van der Waals surface area contributed by atoms with Gasteiger partial charge in [-0.05, 0) is 44.7 Å². The van der Waals surface area contributed by atoms with Crippen LogP contribution >= 0.6 is 0 Å². The van der Waals surface area contributed by atoms with E-state index in [9.17, 15) is 8.42 Å². The van der Waals surface area contributed by atoms with Crippen molar-refractivity contribution in [2.75, 3.05) is 39.3 Å². The Kier molecular flexibility index (Phi) is 8.02. The molecule has 1 fully saturated rings. The Labute approximate surface area is 124 Å². The molecule has 6 heteroatoms. The van der Waals surface area contributed by atoms with Crippen LogP contribution in [0, 0.1) is 5.92 Å². The summed E-state index contributed by atoms with van der Waals surface area (Å²) in [5.41, 5.74) is 0. The van der Waals surface area contributed by atoms with Crippen LogP contribution in [0.25, 0.3) is 0 Å². The van der Waals surface area contributed by atoms with Gasteiger partial charge in [0.25, 0.3) is 10.2 Å². The first kappa shape index (κ1) is 17.9. The first-order valence-corrected chi connectivity index (χ1v) is 9.41. The lowest BCUT2D eigenvalue weighted by molar-refractivity contribution is 0.249. The molecule has 1 aliphatic rings. The third-order valence-electron chi connectivity index (χ3n) is 3.86. The molecular weight excluding hydrogens is 274 g/mol. The predicted molar refractivity (Wildman–Crippen MR) is 83.9 cm³/mol. The molecule has 1 rings (SSSR count). The Hall–Kier alpha value is -0.170. The lowest BCUT2D eigenvalue weighted by Crippen LogP contribution is -2.48. The second-order valence-electron chi connectivity index (χ2n) is 5.56.